The first-order chi connectivity index (χ1) is 16.2. The maximum absolute atomic E-state index is 12.5. The van der Waals surface area contributed by atoms with Gasteiger partial charge in [-0.3, -0.25) is 10.1 Å². The maximum atomic E-state index is 12.5. The van der Waals surface area contributed by atoms with Crippen LogP contribution in [0.1, 0.15) is 23.2 Å². The van der Waals surface area contributed by atoms with Crippen molar-refractivity contribution in [3.8, 4) is 0 Å². The summed E-state index contributed by atoms with van der Waals surface area (Å²) in [7, 11) is 0. The molecule has 7 nitrogen and oxygen atoms in total. The van der Waals surface area contributed by atoms with Crippen LogP contribution in [0.4, 0.5) is 30.2 Å². The highest BCUT2D eigenvalue weighted by Crippen LogP contribution is 2.30. The van der Waals surface area contributed by atoms with Crippen LogP contribution in [-0.2, 0) is 22.4 Å². The van der Waals surface area contributed by atoms with Crippen LogP contribution >= 0.6 is 11.3 Å². The van der Waals surface area contributed by atoms with Gasteiger partial charge >= 0.3 is 6.18 Å². The van der Waals surface area contributed by atoms with E-state index in [1.54, 1.807) is 11.3 Å². The molecular weight excluding hydrogens is 469 g/mol. The lowest BCUT2D eigenvalue weighted by Crippen LogP contribution is -2.80. The van der Waals surface area contributed by atoms with Crippen LogP contribution in [0.2, 0.25) is 0 Å². The van der Waals surface area contributed by atoms with Crippen LogP contribution < -0.4 is 15.7 Å². The Morgan fingerprint density at radius 3 is 2.41 bits per heavy atom. The highest BCUT2D eigenvalue weighted by atomic mass is 32.1. The zero-order valence-corrected chi connectivity index (χ0v) is 18.4. The van der Waals surface area contributed by atoms with Gasteiger partial charge in [0.1, 0.15) is 11.7 Å². The molecule has 0 spiro atoms. The van der Waals surface area contributed by atoms with Gasteiger partial charge in [-0.1, -0.05) is 24.3 Å². The number of hydrogen-bond acceptors (Lipinski definition) is 6. The maximum Gasteiger partial charge on any atom is 0.430 e. The molecule has 0 saturated carbocycles. The Labute approximate surface area is 196 Å². The number of carbonyl (C=O) groups is 2. The van der Waals surface area contributed by atoms with Crippen molar-refractivity contribution in [3.05, 3.63) is 70.2 Å². The monoisotopic (exact) mass is 488 g/mol. The number of aromatic nitrogens is 1. The van der Waals surface area contributed by atoms with E-state index in [-0.39, 0.29) is 5.91 Å². The largest absolute Gasteiger partial charge is 0.542 e. The molecule has 11 heteroatoms. The topological polar surface area (TPSA) is 111 Å². The van der Waals surface area contributed by atoms with E-state index < -0.39 is 12.1 Å². The number of nitrogens with zero attached hydrogens (tertiary/aromatic N) is 2. The number of nitrogens with one attached hydrogen (secondary N) is 1. The van der Waals surface area contributed by atoms with Gasteiger partial charge in [-0.15, -0.1) is 11.3 Å². The number of rotatable bonds is 4. The number of benzene rings is 2. The first-order valence-corrected chi connectivity index (χ1v) is 11.2. The SMILES string of the molecule is O=C(CC1Cc2ccccc2C1)Nc1ccc2c(c1)[NH2+]C(c1cscn1)=N2.O=C([O-])C(F)(F)F. The lowest BCUT2D eigenvalue weighted by Gasteiger charge is -2.10. The van der Waals surface area contributed by atoms with Gasteiger partial charge in [-0.05, 0) is 42.0 Å². The molecule has 2 aliphatic rings. The Morgan fingerprint density at radius 1 is 1.15 bits per heavy atom. The van der Waals surface area contributed by atoms with Crippen LogP contribution in [-0.4, -0.2) is 28.9 Å². The predicted molar refractivity (Wildman–Crippen MR) is 118 cm³/mol. The highest BCUT2D eigenvalue weighted by Gasteiger charge is 2.29. The second-order valence-electron chi connectivity index (χ2n) is 7.87. The summed E-state index contributed by atoms with van der Waals surface area (Å²) < 4.78 is 31.5. The van der Waals surface area contributed by atoms with E-state index in [0.29, 0.717) is 12.3 Å². The fraction of sp³-hybridized carbons (Fsp3) is 0.217. The summed E-state index contributed by atoms with van der Waals surface area (Å²) >= 11 is 1.56. The van der Waals surface area contributed by atoms with Crippen LogP contribution in [0.5, 0.6) is 0 Å². The van der Waals surface area contributed by atoms with Gasteiger partial charge in [0.05, 0.1) is 5.51 Å². The smallest absolute Gasteiger partial charge is 0.430 e. The van der Waals surface area contributed by atoms with Gasteiger partial charge < -0.3 is 15.2 Å². The van der Waals surface area contributed by atoms with Crippen LogP contribution in [0.25, 0.3) is 0 Å². The molecule has 34 heavy (non-hydrogen) atoms. The summed E-state index contributed by atoms with van der Waals surface area (Å²) in [5.74, 6) is -1.67. The lowest BCUT2D eigenvalue weighted by atomic mass is 10.0. The molecule has 5 rings (SSSR count). The number of amides is 1. The Balaban J connectivity index is 0.000000344. The molecule has 176 valence electrons. The minimum atomic E-state index is -5.19. The standard InChI is InChI=1S/C21H18N4OS.C2HF3O2/c26-20(9-13-7-14-3-1-2-4-15(14)8-13)23-16-5-6-17-18(10-16)25-21(24-17)19-11-27-12-22-19;3-2(4,5)1(6)7/h1-6,10-13H,7-9H2,(H,23,26)(H,24,25);(H,6,7). The molecule has 1 aliphatic carbocycles. The minimum absolute atomic E-state index is 0.0754. The number of quaternary nitrogens is 1. The number of halogens is 3. The summed E-state index contributed by atoms with van der Waals surface area (Å²) in [6.07, 6.45) is -2.66. The first kappa shape index (κ1) is 23.6. The molecule has 0 atom stereocenters. The molecule has 2 heterocycles. The second-order valence-corrected chi connectivity index (χ2v) is 8.59. The number of carbonyl (C=O) groups excluding carboxylic acids is 2. The van der Waals surface area contributed by atoms with Gasteiger partial charge in [-0.2, -0.15) is 18.2 Å². The average molecular weight is 488 g/mol. The molecule has 0 radical (unpaired) electrons. The van der Waals surface area contributed by atoms with Crippen LogP contribution in [0, 0.1) is 5.92 Å². The fourth-order valence-electron chi connectivity index (χ4n) is 3.90. The van der Waals surface area contributed by atoms with Crippen molar-refractivity contribution < 1.29 is 33.2 Å². The third-order valence-electron chi connectivity index (χ3n) is 5.38. The van der Waals surface area contributed by atoms with E-state index >= 15 is 0 Å². The number of hydrogen-bond donors (Lipinski definition) is 2. The molecule has 1 amide bonds. The number of fused-ring (bicyclic) bond motifs is 2. The van der Waals surface area contributed by atoms with Gasteiger partial charge in [0.2, 0.25) is 5.91 Å². The molecule has 3 aromatic rings. The zero-order chi connectivity index (χ0) is 24.3. The van der Waals surface area contributed by atoms with Crippen molar-refractivity contribution in [2.24, 2.45) is 10.9 Å². The molecule has 0 saturated heterocycles. The number of anilines is 1. The number of carboxylic acids is 1. The summed E-state index contributed by atoms with van der Waals surface area (Å²) in [5, 5.41) is 15.8. The Morgan fingerprint density at radius 2 is 1.82 bits per heavy atom. The van der Waals surface area contributed by atoms with Crippen molar-refractivity contribution in [1.29, 1.82) is 0 Å². The molecule has 0 unspecified atom stereocenters. The molecular formula is C23H19F3N4O3S. The predicted octanol–water partition coefficient (Wildman–Crippen LogP) is 2.47. The fourth-order valence-corrected chi connectivity index (χ4v) is 4.44. The number of nitrogens with two attached hydrogens (primary N) is 1. The van der Waals surface area contributed by atoms with Crippen molar-refractivity contribution in [2.75, 3.05) is 5.32 Å². The quantitative estimate of drug-likeness (QED) is 0.550. The van der Waals surface area contributed by atoms with E-state index in [4.69, 9.17) is 9.90 Å². The first-order valence-electron chi connectivity index (χ1n) is 10.3. The van der Waals surface area contributed by atoms with E-state index in [1.807, 2.05) is 34.4 Å². The summed E-state index contributed by atoms with van der Waals surface area (Å²) in [4.78, 5) is 30.2. The van der Waals surface area contributed by atoms with Gasteiger partial charge in [0.25, 0.3) is 5.84 Å². The number of amidine groups is 1. The number of thiazole rings is 1. The molecule has 0 bridgehead atoms. The third-order valence-corrected chi connectivity index (χ3v) is 5.97. The van der Waals surface area contributed by atoms with Gasteiger partial charge in [-0.25, -0.2) is 4.98 Å². The van der Waals surface area contributed by atoms with Gasteiger partial charge in [0, 0.05) is 23.6 Å². The summed E-state index contributed by atoms with van der Waals surface area (Å²) in [6, 6.07) is 14.3. The Bertz CT molecular complexity index is 1220. The second kappa shape index (κ2) is 9.74. The Kier molecular flexibility index (Phi) is 6.75. The molecule has 1 aromatic heterocycles. The summed E-state index contributed by atoms with van der Waals surface area (Å²) in [6.45, 7) is 0. The average Bonchev–Trinajstić information content (AvgIpc) is 3.51. The lowest BCUT2D eigenvalue weighted by molar-refractivity contribution is -0.437. The number of aliphatic imine (C=N–C) groups is 1. The molecule has 3 N–H and O–H groups in total. The van der Waals surface area contributed by atoms with E-state index in [2.05, 4.69) is 39.6 Å². The summed E-state index contributed by atoms with van der Waals surface area (Å²) in [5.41, 5.74) is 8.22. The highest BCUT2D eigenvalue weighted by molar-refractivity contribution is 7.07. The zero-order valence-electron chi connectivity index (χ0n) is 17.6. The number of alkyl halides is 3. The molecule has 0 fully saturated rings. The van der Waals surface area contributed by atoms with Crippen molar-refractivity contribution >= 4 is 46.1 Å². The normalized spacial score (nSPS) is 14.5. The minimum Gasteiger partial charge on any atom is -0.542 e. The van der Waals surface area contributed by atoms with E-state index in [0.717, 1.165) is 41.4 Å². The van der Waals surface area contributed by atoms with Crippen molar-refractivity contribution in [1.82, 2.24) is 4.98 Å². The van der Waals surface area contributed by atoms with Gasteiger partial charge in [0.15, 0.2) is 11.4 Å². The molecule has 1 aliphatic heterocycles. The van der Waals surface area contributed by atoms with E-state index in [1.165, 1.54) is 11.1 Å². The van der Waals surface area contributed by atoms with Crippen molar-refractivity contribution in [3.63, 3.8) is 0 Å². The molecule has 2 aromatic carbocycles. The number of carboxylic acid groups (broad SMARTS) is 1. The Hall–Kier alpha value is -3.57. The number of aliphatic carboxylic acids is 1. The van der Waals surface area contributed by atoms with Crippen LogP contribution in [0.15, 0.2) is 58.3 Å². The van der Waals surface area contributed by atoms with E-state index in [9.17, 15) is 18.0 Å². The van der Waals surface area contributed by atoms with Crippen LogP contribution in [0.3, 0.4) is 0 Å². The van der Waals surface area contributed by atoms with Crippen molar-refractivity contribution in [2.45, 2.75) is 25.4 Å². The third kappa shape index (κ3) is 5.67.